The highest BCUT2D eigenvalue weighted by atomic mass is 16.4. The van der Waals surface area contributed by atoms with E-state index in [1.54, 1.807) is 0 Å². The number of hydrogen-bond acceptors (Lipinski definition) is 6. The van der Waals surface area contributed by atoms with Crippen molar-refractivity contribution in [3.8, 4) is 0 Å². The molecule has 0 saturated heterocycles. The zero-order chi connectivity index (χ0) is 10.6. The van der Waals surface area contributed by atoms with Crippen LogP contribution in [-0.2, 0) is 4.79 Å². The molecular formula is C6H12O6. The normalized spacial score (nSPS) is 24.9. The number of aliphatic hydroxyl groups excluding tert-OH is 4. The molecule has 0 aliphatic heterocycles. The maximum absolute atomic E-state index is 9.94. The lowest BCUT2D eigenvalue weighted by atomic mass is 10.0. The van der Waals surface area contributed by atoms with Gasteiger partial charge >= 0.3 is 0 Å². The van der Waals surface area contributed by atoms with Crippen molar-refractivity contribution in [1.82, 2.24) is 0 Å². The highest BCUT2D eigenvalue weighted by Gasteiger charge is 2.29. The van der Waals surface area contributed by atoms with E-state index in [0.29, 0.717) is 0 Å². The molecule has 12 heavy (non-hydrogen) atoms. The van der Waals surface area contributed by atoms with Crippen LogP contribution in [0.4, 0.5) is 0 Å². The van der Waals surface area contributed by atoms with Crippen LogP contribution in [-0.4, -0.2) is 62.8 Å². The van der Waals surface area contributed by atoms with Crippen LogP contribution in [0.25, 0.3) is 0 Å². The van der Waals surface area contributed by atoms with Gasteiger partial charge in [-0.3, -0.25) is 0 Å². The van der Waals surface area contributed by atoms with Gasteiger partial charge in [-0.05, 0) is 0 Å². The standard InChI is InChI=1S/C6H12O6/c7-1-3(9)5(11)6(12)4(10)2-8/h1,3-6,8-12H,2H2/t3-,4+,5+,6-/m0/s1/i4D. The Balaban J connectivity index is 4.40. The predicted molar refractivity (Wildman–Crippen MR) is 37.2 cm³/mol. The molecule has 0 radical (unpaired) electrons. The van der Waals surface area contributed by atoms with E-state index < -0.39 is 31.0 Å². The minimum atomic E-state index is -2.70. The van der Waals surface area contributed by atoms with Crippen LogP contribution in [0.5, 0.6) is 0 Å². The molecule has 0 aromatic rings. The number of aldehydes is 1. The van der Waals surface area contributed by atoms with Gasteiger partial charge in [0, 0.05) is 0 Å². The van der Waals surface area contributed by atoms with Crippen molar-refractivity contribution in [3.05, 3.63) is 0 Å². The maximum Gasteiger partial charge on any atom is 0.151 e. The van der Waals surface area contributed by atoms with E-state index in [1.165, 1.54) is 0 Å². The summed E-state index contributed by atoms with van der Waals surface area (Å²) in [5.74, 6) is 0. The zero-order valence-corrected chi connectivity index (χ0v) is 6.16. The molecule has 6 heteroatoms. The van der Waals surface area contributed by atoms with Crippen molar-refractivity contribution in [1.29, 1.82) is 0 Å². The van der Waals surface area contributed by atoms with Crippen LogP contribution >= 0.6 is 0 Å². The second kappa shape index (κ2) is 5.18. The SMILES string of the molecule is [2H][C@@](O)(CO)[C@H](O)[C@H](O)[C@@H](O)C=O. The summed E-state index contributed by atoms with van der Waals surface area (Å²) in [4.78, 5) is 9.94. The topological polar surface area (TPSA) is 118 Å². The van der Waals surface area contributed by atoms with E-state index in [2.05, 4.69) is 0 Å². The van der Waals surface area contributed by atoms with Crippen molar-refractivity contribution in [3.63, 3.8) is 0 Å². The molecular weight excluding hydrogens is 168 g/mol. The van der Waals surface area contributed by atoms with Crippen LogP contribution in [0.3, 0.4) is 0 Å². The summed E-state index contributed by atoms with van der Waals surface area (Å²) in [6.07, 6.45) is -8.80. The number of rotatable bonds is 5. The van der Waals surface area contributed by atoms with Gasteiger partial charge < -0.3 is 30.3 Å². The highest BCUT2D eigenvalue weighted by molar-refractivity contribution is 5.56. The Morgan fingerprint density at radius 1 is 1.25 bits per heavy atom. The lowest BCUT2D eigenvalue weighted by molar-refractivity contribution is -0.136. The Hall–Kier alpha value is -0.530. The van der Waals surface area contributed by atoms with Crippen molar-refractivity contribution in [2.24, 2.45) is 0 Å². The molecule has 0 bridgehead atoms. The lowest BCUT2D eigenvalue weighted by Gasteiger charge is -2.22. The smallest absolute Gasteiger partial charge is 0.151 e. The van der Waals surface area contributed by atoms with E-state index >= 15 is 0 Å². The van der Waals surface area contributed by atoms with Crippen LogP contribution < -0.4 is 0 Å². The summed E-state index contributed by atoms with van der Waals surface area (Å²) in [6.45, 7) is -1.13. The number of hydrogen-bond donors (Lipinski definition) is 5. The Kier molecular flexibility index (Phi) is 4.12. The summed E-state index contributed by atoms with van der Waals surface area (Å²) in [6, 6.07) is 0. The van der Waals surface area contributed by atoms with Crippen molar-refractivity contribution in [2.75, 3.05) is 6.61 Å². The van der Waals surface area contributed by atoms with Crippen molar-refractivity contribution < 1.29 is 31.7 Å². The molecule has 0 heterocycles. The molecule has 5 N–H and O–H groups in total. The molecule has 0 aromatic heterocycles. The Morgan fingerprint density at radius 3 is 2.08 bits per heavy atom. The Labute approximate surface area is 70.1 Å². The second-order valence-corrected chi connectivity index (χ2v) is 2.21. The quantitative estimate of drug-likeness (QED) is 0.282. The molecule has 6 nitrogen and oxygen atoms in total. The summed E-state index contributed by atoms with van der Waals surface area (Å²) in [7, 11) is 0. The van der Waals surface area contributed by atoms with E-state index in [-0.39, 0.29) is 6.29 Å². The fourth-order valence-corrected chi connectivity index (χ4v) is 0.558. The van der Waals surface area contributed by atoms with E-state index in [4.69, 9.17) is 26.9 Å². The molecule has 0 amide bonds. The largest absolute Gasteiger partial charge is 0.394 e. The molecule has 0 saturated carbocycles. The first-order valence-corrected chi connectivity index (χ1v) is 3.19. The fraction of sp³-hybridized carbons (Fsp3) is 0.833. The first-order chi connectivity index (χ1) is 5.86. The van der Waals surface area contributed by atoms with Gasteiger partial charge in [0.2, 0.25) is 0 Å². The molecule has 0 aromatic carbocycles. The minimum absolute atomic E-state index is 0.0542. The third kappa shape index (κ3) is 2.84. The minimum Gasteiger partial charge on any atom is -0.394 e. The molecule has 4 atom stereocenters. The Morgan fingerprint density at radius 2 is 1.75 bits per heavy atom. The van der Waals surface area contributed by atoms with E-state index in [1.807, 2.05) is 0 Å². The molecule has 0 aliphatic rings. The maximum atomic E-state index is 9.94. The van der Waals surface area contributed by atoms with Gasteiger partial charge in [0.05, 0.1) is 7.98 Å². The highest BCUT2D eigenvalue weighted by Crippen LogP contribution is 2.02. The van der Waals surface area contributed by atoms with E-state index in [0.717, 1.165) is 0 Å². The first kappa shape index (κ1) is 9.56. The number of carbonyl (C=O) groups is 1. The third-order valence-corrected chi connectivity index (χ3v) is 1.32. The summed E-state index contributed by atoms with van der Waals surface area (Å²) >= 11 is 0. The Bertz CT molecular complexity index is 173. The zero-order valence-electron chi connectivity index (χ0n) is 7.16. The molecule has 0 fully saturated rings. The first-order valence-electron chi connectivity index (χ1n) is 3.69. The van der Waals surface area contributed by atoms with Gasteiger partial charge in [0.15, 0.2) is 6.29 Å². The van der Waals surface area contributed by atoms with Gasteiger partial charge in [-0.2, -0.15) is 0 Å². The molecule has 0 unspecified atom stereocenters. The molecule has 0 aliphatic carbocycles. The second-order valence-electron chi connectivity index (χ2n) is 2.21. The van der Waals surface area contributed by atoms with E-state index in [9.17, 15) is 4.79 Å². The van der Waals surface area contributed by atoms with Gasteiger partial charge in [0.1, 0.15) is 24.4 Å². The van der Waals surface area contributed by atoms with Crippen LogP contribution in [0, 0.1) is 0 Å². The van der Waals surface area contributed by atoms with Gasteiger partial charge in [0.25, 0.3) is 0 Å². The monoisotopic (exact) mass is 181 g/mol. The molecule has 0 spiro atoms. The average molecular weight is 181 g/mol. The van der Waals surface area contributed by atoms with Crippen LogP contribution in [0.15, 0.2) is 0 Å². The average Bonchev–Trinajstić information content (AvgIpc) is 2.14. The lowest BCUT2D eigenvalue weighted by Crippen LogP contribution is -2.46. The van der Waals surface area contributed by atoms with Crippen LogP contribution in [0.2, 0.25) is 0 Å². The molecule has 72 valence electrons. The van der Waals surface area contributed by atoms with Gasteiger partial charge in [-0.25, -0.2) is 0 Å². The third-order valence-electron chi connectivity index (χ3n) is 1.32. The van der Waals surface area contributed by atoms with Crippen molar-refractivity contribution >= 4 is 6.29 Å². The van der Waals surface area contributed by atoms with Gasteiger partial charge in [-0.15, -0.1) is 0 Å². The summed E-state index contributed by atoms with van der Waals surface area (Å²) in [5, 5.41) is 43.9. The summed E-state index contributed by atoms with van der Waals surface area (Å²) < 4.78 is 6.85. The molecule has 0 rings (SSSR count). The van der Waals surface area contributed by atoms with Crippen molar-refractivity contribution in [2.45, 2.75) is 24.4 Å². The van der Waals surface area contributed by atoms with Gasteiger partial charge in [-0.1, -0.05) is 0 Å². The number of aliphatic hydroxyl groups is 5. The summed E-state index contributed by atoms with van der Waals surface area (Å²) in [5.41, 5.74) is 0. The fourth-order valence-electron chi connectivity index (χ4n) is 0.558. The predicted octanol–water partition coefficient (Wildman–Crippen LogP) is -3.38. The number of carbonyl (C=O) groups excluding carboxylic acids is 1. The van der Waals surface area contributed by atoms with Crippen LogP contribution in [0.1, 0.15) is 1.37 Å².